The standard InChI is InChI=1S/C13H13F3N4O3S2/c1-8-2-4-9(5-3-8)25(22,23)17-7-6-10(21)18-12-20-19-11(24-12)13(14,15)16/h2-5,17H,6-7H2,1H3,(H,18,20,21). The largest absolute Gasteiger partial charge is 0.445 e. The Balaban J connectivity index is 1.86. The van der Waals surface area contributed by atoms with Crippen LogP contribution in [0.5, 0.6) is 0 Å². The lowest BCUT2D eigenvalue weighted by Gasteiger charge is -2.06. The number of aryl methyl sites for hydroxylation is 1. The van der Waals surface area contributed by atoms with E-state index in [9.17, 15) is 26.4 Å². The van der Waals surface area contributed by atoms with Crippen LogP contribution in [0.3, 0.4) is 0 Å². The second-order valence-electron chi connectivity index (χ2n) is 4.92. The highest BCUT2D eigenvalue weighted by atomic mass is 32.2. The van der Waals surface area contributed by atoms with Crippen LogP contribution in [0.2, 0.25) is 0 Å². The second-order valence-corrected chi connectivity index (χ2v) is 7.66. The molecule has 2 aromatic rings. The summed E-state index contributed by atoms with van der Waals surface area (Å²) in [6.07, 6.45) is -4.91. The van der Waals surface area contributed by atoms with Gasteiger partial charge in [-0.3, -0.25) is 4.79 Å². The molecule has 0 radical (unpaired) electrons. The fourth-order valence-corrected chi connectivity index (χ4v) is 3.33. The molecule has 7 nitrogen and oxygen atoms in total. The van der Waals surface area contributed by atoms with E-state index in [1.165, 1.54) is 12.1 Å². The molecule has 0 bridgehead atoms. The molecule has 1 amide bonds. The molecular weight excluding hydrogens is 381 g/mol. The zero-order valence-corrected chi connectivity index (χ0v) is 14.4. The summed E-state index contributed by atoms with van der Waals surface area (Å²) in [7, 11) is -3.76. The van der Waals surface area contributed by atoms with Crippen molar-refractivity contribution in [3.8, 4) is 0 Å². The van der Waals surface area contributed by atoms with E-state index < -0.39 is 27.1 Å². The number of halogens is 3. The summed E-state index contributed by atoms with van der Waals surface area (Å²) in [5.41, 5.74) is 0.897. The maximum atomic E-state index is 12.4. The van der Waals surface area contributed by atoms with Crippen molar-refractivity contribution in [1.82, 2.24) is 14.9 Å². The third-order valence-electron chi connectivity index (χ3n) is 2.89. The topological polar surface area (TPSA) is 101 Å². The molecule has 0 aliphatic rings. The van der Waals surface area contributed by atoms with Crippen LogP contribution in [0.1, 0.15) is 17.0 Å². The summed E-state index contributed by atoms with van der Waals surface area (Å²) in [6.45, 7) is 1.60. The average Bonchev–Trinajstić information content (AvgIpc) is 2.96. The highest BCUT2D eigenvalue weighted by Crippen LogP contribution is 2.32. The van der Waals surface area contributed by atoms with Gasteiger partial charge in [0.1, 0.15) is 0 Å². The van der Waals surface area contributed by atoms with Gasteiger partial charge in [0.2, 0.25) is 26.1 Å². The van der Waals surface area contributed by atoms with E-state index in [2.05, 4.69) is 20.2 Å². The number of carbonyl (C=O) groups excluding carboxylic acids is 1. The second kappa shape index (κ2) is 7.45. The van der Waals surface area contributed by atoms with Crippen molar-refractivity contribution < 1.29 is 26.4 Å². The van der Waals surface area contributed by atoms with Gasteiger partial charge in [0.25, 0.3) is 0 Å². The van der Waals surface area contributed by atoms with Crippen molar-refractivity contribution in [2.45, 2.75) is 24.4 Å². The van der Waals surface area contributed by atoms with Crippen molar-refractivity contribution in [2.75, 3.05) is 11.9 Å². The van der Waals surface area contributed by atoms with Crippen LogP contribution in [-0.2, 0) is 21.0 Å². The van der Waals surface area contributed by atoms with Gasteiger partial charge in [0.15, 0.2) is 0 Å². The van der Waals surface area contributed by atoms with Crippen molar-refractivity contribution in [1.29, 1.82) is 0 Å². The van der Waals surface area contributed by atoms with Crippen LogP contribution >= 0.6 is 11.3 Å². The molecule has 2 rings (SSSR count). The van der Waals surface area contributed by atoms with E-state index in [-0.39, 0.29) is 34.3 Å². The Kier molecular flexibility index (Phi) is 5.75. The summed E-state index contributed by atoms with van der Waals surface area (Å²) in [6, 6.07) is 6.12. The first-order valence-corrected chi connectivity index (χ1v) is 9.15. The van der Waals surface area contributed by atoms with Crippen molar-refractivity contribution in [3.63, 3.8) is 0 Å². The molecule has 1 heterocycles. The summed E-state index contributed by atoms with van der Waals surface area (Å²) in [5, 5.41) is 6.79. The molecule has 2 N–H and O–H groups in total. The smallest absolute Gasteiger partial charge is 0.300 e. The molecule has 136 valence electrons. The maximum absolute atomic E-state index is 12.4. The minimum atomic E-state index is -4.63. The molecule has 1 aromatic carbocycles. The number of sulfonamides is 1. The Hall–Kier alpha value is -2.05. The van der Waals surface area contributed by atoms with Gasteiger partial charge in [-0.05, 0) is 19.1 Å². The number of amides is 1. The molecule has 0 unspecified atom stereocenters. The summed E-state index contributed by atoms with van der Waals surface area (Å²) in [4.78, 5) is 11.7. The van der Waals surface area contributed by atoms with Crippen molar-refractivity contribution in [3.05, 3.63) is 34.8 Å². The molecule has 0 atom stereocenters. The van der Waals surface area contributed by atoms with Crippen LogP contribution in [0.15, 0.2) is 29.2 Å². The number of aromatic nitrogens is 2. The van der Waals surface area contributed by atoms with E-state index in [1.54, 1.807) is 12.1 Å². The minimum absolute atomic E-state index is 0.0532. The van der Waals surface area contributed by atoms with Crippen molar-refractivity contribution in [2.24, 2.45) is 0 Å². The van der Waals surface area contributed by atoms with Gasteiger partial charge < -0.3 is 5.32 Å². The highest BCUT2D eigenvalue weighted by molar-refractivity contribution is 7.89. The van der Waals surface area contributed by atoms with Crippen LogP contribution in [0.4, 0.5) is 18.3 Å². The molecule has 25 heavy (non-hydrogen) atoms. The van der Waals surface area contributed by atoms with E-state index in [0.717, 1.165) is 5.56 Å². The molecule has 12 heteroatoms. The fourth-order valence-electron chi connectivity index (χ4n) is 1.67. The Morgan fingerprint density at radius 1 is 1.20 bits per heavy atom. The number of carbonyl (C=O) groups is 1. The molecule has 0 aliphatic heterocycles. The highest BCUT2D eigenvalue weighted by Gasteiger charge is 2.35. The van der Waals surface area contributed by atoms with Crippen LogP contribution < -0.4 is 10.0 Å². The van der Waals surface area contributed by atoms with E-state index in [0.29, 0.717) is 0 Å². The van der Waals surface area contributed by atoms with Gasteiger partial charge in [0, 0.05) is 13.0 Å². The number of nitrogens with zero attached hydrogens (tertiary/aromatic N) is 2. The van der Waals surface area contributed by atoms with Crippen LogP contribution in [-0.4, -0.2) is 31.1 Å². The number of anilines is 1. The Morgan fingerprint density at radius 3 is 2.40 bits per heavy atom. The maximum Gasteiger partial charge on any atom is 0.445 e. The number of alkyl halides is 3. The predicted octanol–water partition coefficient (Wildman–Crippen LogP) is 2.17. The van der Waals surface area contributed by atoms with Crippen LogP contribution in [0, 0.1) is 6.92 Å². The summed E-state index contributed by atoms with van der Waals surface area (Å²) >= 11 is 0.188. The van der Waals surface area contributed by atoms with E-state index >= 15 is 0 Å². The first-order valence-electron chi connectivity index (χ1n) is 6.85. The molecule has 0 aliphatic carbocycles. The monoisotopic (exact) mass is 394 g/mol. The molecular formula is C13H13F3N4O3S2. The van der Waals surface area contributed by atoms with Gasteiger partial charge in [0.05, 0.1) is 4.90 Å². The lowest BCUT2D eigenvalue weighted by molar-refractivity contribution is -0.138. The molecule has 0 saturated heterocycles. The Morgan fingerprint density at radius 2 is 1.84 bits per heavy atom. The lowest BCUT2D eigenvalue weighted by atomic mass is 10.2. The lowest BCUT2D eigenvalue weighted by Crippen LogP contribution is -2.27. The van der Waals surface area contributed by atoms with Gasteiger partial charge >= 0.3 is 6.18 Å². The zero-order chi connectivity index (χ0) is 18.7. The summed E-state index contributed by atoms with van der Waals surface area (Å²) < 4.78 is 63.4. The van der Waals surface area contributed by atoms with E-state index in [4.69, 9.17) is 0 Å². The molecule has 0 fully saturated rings. The predicted molar refractivity (Wildman–Crippen MR) is 84.5 cm³/mol. The molecule has 0 saturated carbocycles. The first-order chi connectivity index (χ1) is 11.6. The summed E-state index contributed by atoms with van der Waals surface area (Å²) in [5.74, 6) is -0.684. The molecule has 1 aromatic heterocycles. The third-order valence-corrected chi connectivity index (χ3v) is 5.25. The number of hydrogen-bond acceptors (Lipinski definition) is 6. The third kappa shape index (κ3) is 5.47. The fraction of sp³-hybridized carbons (Fsp3) is 0.308. The zero-order valence-electron chi connectivity index (χ0n) is 12.8. The van der Waals surface area contributed by atoms with Crippen LogP contribution in [0.25, 0.3) is 0 Å². The minimum Gasteiger partial charge on any atom is -0.300 e. The van der Waals surface area contributed by atoms with Gasteiger partial charge in [-0.25, -0.2) is 13.1 Å². The van der Waals surface area contributed by atoms with Gasteiger partial charge in [-0.2, -0.15) is 13.2 Å². The first kappa shape index (κ1) is 19.3. The van der Waals surface area contributed by atoms with E-state index in [1.807, 2.05) is 6.92 Å². The number of rotatable bonds is 6. The Bertz CT molecular complexity index is 848. The number of nitrogens with one attached hydrogen (secondary N) is 2. The Labute approximate surface area is 145 Å². The quantitative estimate of drug-likeness (QED) is 0.782. The average molecular weight is 394 g/mol. The van der Waals surface area contributed by atoms with Gasteiger partial charge in [-0.1, -0.05) is 29.0 Å². The SMILES string of the molecule is Cc1ccc(S(=O)(=O)NCCC(=O)Nc2nnc(C(F)(F)F)s2)cc1. The molecule has 0 spiro atoms. The van der Waals surface area contributed by atoms with Gasteiger partial charge in [-0.15, -0.1) is 10.2 Å². The number of benzene rings is 1. The normalized spacial score (nSPS) is 12.2. The number of hydrogen-bond donors (Lipinski definition) is 2. The van der Waals surface area contributed by atoms with Crippen molar-refractivity contribution >= 4 is 32.4 Å².